The number of hydrogen-bond donors (Lipinski definition) is 2. The van der Waals surface area contributed by atoms with Crippen molar-refractivity contribution < 1.29 is 19.4 Å². The number of benzene rings is 3. The van der Waals surface area contributed by atoms with Gasteiger partial charge in [-0.2, -0.15) is 0 Å². The molecule has 1 amide bonds. The van der Waals surface area contributed by atoms with Crippen molar-refractivity contribution in [2.24, 2.45) is 0 Å². The molecule has 4 aromatic rings. The van der Waals surface area contributed by atoms with Gasteiger partial charge in [0.25, 0.3) is 5.91 Å². The van der Waals surface area contributed by atoms with Crippen LogP contribution in [0.15, 0.2) is 60.7 Å². The summed E-state index contributed by atoms with van der Waals surface area (Å²) in [6.45, 7) is 10.9. The van der Waals surface area contributed by atoms with Crippen molar-refractivity contribution in [3.8, 4) is 5.75 Å². The lowest BCUT2D eigenvalue weighted by atomic mass is 10.0. The monoisotopic (exact) mass is 532 g/mol. The second-order valence-corrected chi connectivity index (χ2v) is 10.4. The van der Waals surface area contributed by atoms with E-state index in [0.29, 0.717) is 35.3 Å². The van der Waals surface area contributed by atoms with Crippen LogP contribution in [0.4, 0.5) is 0 Å². The molecule has 0 saturated heterocycles. The molecule has 1 aromatic heterocycles. The minimum Gasteiger partial charge on any atom is -0.479 e. The number of carbonyl (C=O) groups is 2. The molecule has 38 heavy (non-hydrogen) atoms. The van der Waals surface area contributed by atoms with Gasteiger partial charge in [0, 0.05) is 35.2 Å². The Bertz CT molecular complexity index is 1510. The number of hydrogen-bond acceptors (Lipinski definition) is 3. The van der Waals surface area contributed by atoms with Crippen LogP contribution < -0.4 is 10.1 Å². The number of aromatic nitrogens is 1. The molecule has 4 rings (SSSR count). The highest BCUT2D eigenvalue weighted by molar-refractivity contribution is 6.32. The van der Waals surface area contributed by atoms with Crippen molar-refractivity contribution in [2.45, 2.75) is 59.7 Å². The maximum atomic E-state index is 13.0. The quantitative estimate of drug-likeness (QED) is 0.246. The van der Waals surface area contributed by atoms with E-state index in [1.807, 2.05) is 36.4 Å². The molecule has 0 bridgehead atoms. The number of aryl methyl sites for hydroxylation is 1. The highest BCUT2D eigenvalue weighted by atomic mass is 35.5. The average Bonchev–Trinajstić information content (AvgIpc) is 3.13. The van der Waals surface area contributed by atoms with Crippen LogP contribution in [-0.2, 0) is 17.9 Å². The smallest absolute Gasteiger partial charge is 0.344 e. The first-order valence-electron chi connectivity index (χ1n) is 12.7. The van der Waals surface area contributed by atoms with Crippen molar-refractivity contribution >= 4 is 34.4 Å². The topological polar surface area (TPSA) is 80.6 Å². The molecular formula is C31H33ClN2O4. The maximum Gasteiger partial charge on any atom is 0.344 e. The van der Waals surface area contributed by atoms with Gasteiger partial charge in [0.05, 0.1) is 5.02 Å². The summed E-state index contributed by atoms with van der Waals surface area (Å²) < 4.78 is 7.72. The summed E-state index contributed by atoms with van der Waals surface area (Å²) in [6.07, 6.45) is -1.01. The zero-order valence-corrected chi connectivity index (χ0v) is 23.1. The van der Waals surface area contributed by atoms with Gasteiger partial charge in [-0.15, -0.1) is 0 Å². The van der Waals surface area contributed by atoms with Gasteiger partial charge in [0.1, 0.15) is 5.75 Å². The van der Waals surface area contributed by atoms with Gasteiger partial charge >= 0.3 is 5.97 Å². The molecule has 0 spiro atoms. The maximum absolute atomic E-state index is 13.0. The Morgan fingerprint density at radius 2 is 1.76 bits per heavy atom. The molecule has 6 nitrogen and oxygen atoms in total. The molecule has 198 valence electrons. The highest BCUT2D eigenvalue weighted by Gasteiger charge is 2.17. The fourth-order valence-corrected chi connectivity index (χ4v) is 4.66. The second kappa shape index (κ2) is 11.3. The number of amides is 1. The van der Waals surface area contributed by atoms with Gasteiger partial charge in [-0.05, 0) is 79.3 Å². The van der Waals surface area contributed by atoms with E-state index in [0.717, 1.165) is 33.3 Å². The minimum atomic E-state index is -1.06. The van der Waals surface area contributed by atoms with Gasteiger partial charge in [-0.25, -0.2) is 4.79 Å². The van der Waals surface area contributed by atoms with Crippen molar-refractivity contribution in [1.29, 1.82) is 0 Å². The Hall–Kier alpha value is -3.77. The predicted octanol–water partition coefficient (Wildman–Crippen LogP) is 6.87. The average molecular weight is 533 g/mol. The van der Waals surface area contributed by atoms with E-state index in [4.69, 9.17) is 16.3 Å². The molecular weight excluding hydrogens is 500 g/mol. The number of rotatable bonds is 9. The van der Waals surface area contributed by atoms with E-state index in [9.17, 15) is 14.7 Å². The van der Waals surface area contributed by atoms with Crippen molar-refractivity contribution in [1.82, 2.24) is 9.88 Å². The van der Waals surface area contributed by atoms with Crippen LogP contribution in [0.5, 0.6) is 5.75 Å². The molecule has 0 aliphatic rings. The summed E-state index contributed by atoms with van der Waals surface area (Å²) in [5.74, 6) is -0.400. The van der Waals surface area contributed by atoms with E-state index < -0.39 is 12.1 Å². The summed E-state index contributed by atoms with van der Waals surface area (Å²) in [7, 11) is 0. The molecule has 3 aromatic carbocycles. The number of halogens is 1. The number of aliphatic carboxylic acids is 1. The Kier molecular flexibility index (Phi) is 8.12. The molecule has 2 N–H and O–H groups in total. The van der Waals surface area contributed by atoms with Crippen LogP contribution in [0.1, 0.15) is 65.0 Å². The Balaban J connectivity index is 1.55. The van der Waals surface area contributed by atoms with Crippen LogP contribution in [0.25, 0.3) is 10.9 Å². The van der Waals surface area contributed by atoms with Gasteiger partial charge in [-0.1, -0.05) is 55.8 Å². The zero-order chi connectivity index (χ0) is 27.6. The Labute approximate surface area is 228 Å². The number of fused-ring (bicyclic) bond motifs is 1. The van der Waals surface area contributed by atoms with E-state index in [2.05, 4.69) is 49.7 Å². The lowest BCUT2D eigenvalue weighted by Crippen LogP contribution is -2.23. The van der Waals surface area contributed by atoms with Crippen molar-refractivity contribution in [3.05, 3.63) is 99.2 Å². The summed E-state index contributed by atoms with van der Waals surface area (Å²) in [6, 6.07) is 19.5. The van der Waals surface area contributed by atoms with Gasteiger partial charge < -0.3 is 19.7 Å². The Morgan fingerprint density at radius 1 is 1.00 bits per heavy atom. The lowest BCUT2D eigenvalue weighted by Gasteiger charge is -2.14. The third-order valence-corrected chi connectivity index (χ3v) is 7.27. The third kappa shape index (κ3) is 5.86. The molecule has 7 heteroatoms. The summed E-state index contributed by atoms with van der Waals surface area (Å²) in [5, 5.41) is 13.6. The van der Waals surface area contributed by atoms with Crippen LogP contribution in [0.3, 0.4) is 0 Å². The van der Waals surface area contributed by atoms with E-state index in [1.54, 1.807) is 12.1 Å². The fourth-order valence-electron chi connectivity index (χ4n) is 4.50. The number of nitrogens with one attached hydrogen (secondary N) is 1. The van der Waals surface area contributed by atoms with E-state index in [-0.39, 0.29) is 5.91 Å². The van der Waals surface area contributed by atoms with Gasteiger partial charge in [0.2, 0.25) is 0 Å². The van der Waals surface area contributed by atoms with Crippen LogP contribution in [0.2, 0.25) is 5.02 Å². The summed E-state index contributed by atoms with van der Waals surface area (Å²) >= 11 is 6.25. The number of carboxylic acid groups (broad SMARTS) is 1. The van der Waals surface area contributed by atoms with Crippen LogP contribution >= 0.6 is 11.6 Å². The molecule has 1 unspecified atom stereocenters. The SMILES string of the molecule is Cc1c(C)n(Cc2ccc(Cl)c(OC(C)C(=O)O)c2)c2ccc(C(=O)NCc3cccc(C(C)C)c3)cc12. The third-order valence-electron chi connectivity index (χ3n) is 6.96. The fraction of sp³-hybridized carbons (Fsp3) is 0.290. The highest BCUT2D eigenvalue weighted by Crippen LogP contribution is 2.30. The number of carboxylic acids is 1. The molecule has 0 aliphatic heterocycles. The molecule has 0 fully saturated rings. The minimum absolute atomic E-state index is 0.112. The van der Waals surface area contributed by atoms with Crippen LogP contribution in [0, 0.1) is 13.8 Å². The van der Waals surface area contributed by atoms with Gasteiger partial charge in [0.15, 0.2) is 6.10 Å². The molecule has 0 aliphatic carbocycles. The number of ether oxygens (including phenoxy) is 1. The normalized spacial score (nSPS) is 12.1. The zero-order valence-electron chi connectivity index (χ0n) is 22.3. The largest absolute Gasteiger partial charge is 0.479 e. The van der Waals surface area contributed by atoms with Crippen LogP contribution in [-0.4, -0.2) is 27.7 Å². The summed E-state index contributed by atoms with van der Waals surface area (Å²) in [4.78, 5) is 24.2. The first-order valence-corrected chi connectivity index (χ1v) is 13.1. The first-order chi connectivity index (χ1) is 18.0. The molecule has 1 atom stereocenters. The molecule has 0 radical (unpaired) electrons. The Morgan fingerprint density at radius 3 is 2.47 bits per heavy atom. The van der Waals surface area contributed by atoms with E-state index >= 15 is 0 Å². The lowest BCUT2D eigenvalue weighted by molar-refractivity contribution is -0.144. The molecule has 1 heterocycles. The van der Waals surface area contributed by atoms with Crippen molar-refractivity contribution in [3.63, 3.8) is 0 Å². The van der Waals surface area contributed by atoms with E-state index in [1.165, 1.54) is 12.5 Å². The number of carbonyl (C=O) groups excluding carboxylic acids is 1. The molecule has 0 saturated carbocycles. The summed E-state index contributed by atoms with van der Waals surface area (Å²) in [5.41, 5.74) is 7.06. The predicted molar refractivity (Wildman–Crippen MR) is 151 cm³/mol. The number of nitrogens with zero attached hydrogens (tertiary/aromatic N) is 1. The van der Waals surface area contributed by atoms with Gasteiger partial charge in [-0.3, -0.25) is 4.79 Å². The second-order valence-electron chi connectivity index (χ2n) is 9.97. The van der Waals surface area contributed by atoms with Crippen molar-refractivity contribution in [2.75, 3.05) is 0 Å². The first kappa shape index (κ1) is 27.3. The standard InChI is InChI=1S/C31H33ClN2O4/c1-18(2)24-8-6-7-22(13-24)16-33-30(35)25-10-12-28-26(15-25)19(3)20(4)34(28)17-23-9-11-27(32)29(14-23)38-21(5)31(36)37/h6-15,18,21H,16-17H2,1-5H3,(H,33,35)(H,36,37).